The fourth-order valence-corrected chi connectivity index (χ4v) is 1.78. The zero-order valence-corrected chi connectivity index (χ0v) is 10.5. The SMILES string of the molecule is COc1ccc(-c2nccc(CCl)n2)cc1C. The number of hydrogen-bond acceptors (Lipinski definition) is 3. The number of rotatable bonds is 3. The van der Waals surface area contributed by atoms with Crippen LogP contribution >= 0.6 is 11.6 Å². The largest absolute Gasteiger partial charge is 0.496 e. The molecule has 0 saturated carbocycles. The Morgan fingerprint density at radius 2 is 2.12 bits per heavy atom. The number of hydrogen-bond donors (Lipinski definition) is 0. The molecule has 1 aromatic heterocycles. The van der Waals surface area contributed by atoms with Crippen molar-refractivity contribution in [1.82, 2.24) is 9.97 Å². The summed E-state index contributed by atoms with van der Waals surface area (Å²) in [4.78, 5) is 8.62. The van der Waals surface area contributed by atoms with Gasteiger partial charge in [-0.05, 0) is 36.8 Å². The van der Waals surface area contributed by atoms with E-state index in [4.69, 9.17) is 16.3 Å². The predicted molar refractivity (Wildman–Crippen MR) is 68.3 cm³/mol. The lowest BCUT2D eigenvalue weighted by molar-refractivity contribution is 0.412. The zero-order valence-electron chi connectivity index (χ0n) is 9.77. The molecule has 0 aliphatic rings. The maximum Gasteiger partial charge on any atom is 0.159 e. The first kappa shape index (κ1) is 11.9. The van der Waals surface area contributed by atoms with Crippen molar-refractivity contribution in [2.75, 3.05) is 7.11 Å². The lowest BCUT2D eigenvalue weighted by Crippen LogP contribution is -1.94. The van der Waals surface area contributed by atoms with Gasteiger partial charge in [-0.1, -0.05) is 0 Å². The molecule has 1 aromatic carbocycles. The number of methoxy groups -OCH3 is 1. The summed E-state index contributed by atoms with van der Waals surface area (Å²) < 4.78 is 5.22. The fraction of sp³-hybridized carbons (Fsp3) is 0.231. The first-order valence-electron chi connectivity index (χ1n) is 5.27. The summed E-state index contributed by atoms with van der Waals surface area (Å²) in [5, 5.41) is 0. The third kappa shape index (κ3) is 2.56. The highest BCUT2D eigenvalue weighted by molar-refractivity contribution is 6.16. The second-order valence-corrected chi connectivity index (χ2v) is 3.96. The van der Waals surface area contributed by atoms with Crippen molar-refractivity contribution in [3.8, 4) is 17.1 Å². The molecule has 3 nitrogen and oxygen atoms in total. The Kier molecular flexibility index (Phi) is 3.59. The van der Waals surface area contributed by atoms with Gasteiger partial charge in [-0.25, -0.2) is 9.97 Å². The molecule has 0 spiro atoms. The third-order valence-corrected chi connectivity index (χ3v) is 2.78. The van der Waals surface area contributed by atoms with Gasteiger partial charge in [0.2, 0.25) is 0 Å². The van der Waals surface area contributed by atoms with Gasteiger partial charge in [-0.3, -0.25) is 0 Å². The van der Waals surface area contributed by atoms with Crippen LogP contribution in [0.3, 0.4) is 0 Å². The van der Waals surface area contributed by atoms with E-state index in [0.717, 1.165) is 22.6 Å². The molecule has 0 atom stereocenters. The molecule has 88 valence electrons. The Balaban J connectivity index is 2.42. The second-order valence-electron chi connectivity index (χ2n) is 3.69. The van der Waals surface area contributed by atoms with Gasteiger partial charge in [0.25, 0.3) is 0 Å². The Bertz CT molecular complexity index is 529. The van der Waals surface area contributed by atoms with E-state index in [1.807, 2.05) is 31.2 Å². The topological polar surface area (TPSA) is 35.0 Å². The minimum atomic E-state index is 0.394. The van der Waals surface area contributed by atoms with Gasteiger partial charge in [0, 0.05) is 11.8 Å². The van der Waals surface area contributed by atoms with Crippen molar-refractivity contribution in [2.24, 2.45) is 0 Å². The van der Waals surface area contributed by atoms with Gasteiger partial charge in [-0.2, -0.15) is 0 Å². The standard InChI is InChI=1S/C13H13ClN2O/c1-9-7-10(3-4-12(9)17-2)13-15-6-5-11(8-14)16-13/h3-7H,8H2,1-2H3. The number of aryl methyl sites for hydroxylation is 1. The van der Waals surface area contributed by atoms with E-state index in [1.54, 1.807) is 13.3 Å². The molecule has 1 heterocycles. The molecule has 0 unspecified atom stereocenters. The van der Waals surface area contributed by atoms with E-state index in [0.29, 0.717) is 11.7 Å². The van der Waals surface area contributed by atoms with Crippen LogP contribution in [0.15, 0.2) is 30.5 Å². The van der Waals surface area contributed by atoms with Crippen LogP contribution in [-0.2, 0) is 5.88 Å². The van der Waals surface area contributed by atoms with Gasteiger partial charge in [-0.15, -0.1) is 11.6 Å². The number of alkyl halides is 1. The van der Waals surface area contributed by atoms with Gasteiger partial charge < -0.3 is 4.74 Å². The zero-order chi connectivity index (χ0) is 12.3. The van der Waals surface area contributed by atoms with Crippen LogP contribution in [0.4, 0.5) is 0 Å². The van der Waals surface area contributed by atoms with Crippen molar-refractivity contribution >= 4 is 11.6 Å². The highest BCUT2D eigenvalue weighted by atomic mass is 35.5. The van der Waals surface area contributed by atoms with Crippen molar-refractivity contribution < 1.29 is 4.74 Å². The molecule has 0 bridgehead atoms. The monoisotopic (exact) mass is 248 g/mol. The van der Waals surface area contributed by atoms with Gasteiger partial charge in [0.05, 0.1) is 18.7 Å². The number of nitrogens with zero attached hydrogens (tertiary/aromatic N) is 2. The third-order valence-electron chi connectivity index (χ3n) is 2.50. The number of aromatic nitrogens is 2. The normalized spacial score (nSPS) is 10.3. The molecule has 17 heavy (non-hydrogen) atoms. The minimum Gasteiger partial charge on any atom is -0.496 e. The Morgan fingerprint density at radius 1 is 1.29 bits per heavy atom. The molecule has 0 aliphatic carbocycles. The van der Waals surface area contributed by atoms with Crippen LogP contribution < -0.4 is 4.74 Å². The quantitative estimate of drug-likeness (QED) is 0.783. The first-order chi connectivity index (χ1) is 8.24. The van der Waals surface area contributed by atoms with Crippen molar-refractivity contribution in [1.29, 1.82) is 0 Å². The summed E-state index contributed by atoms with van der Waals surface area (Å²) in [7, 11) is 1.66. The van der Waals surface area contributed by atoms with Crippen molar-refractivity contribution in [3.63, 3.8) is 0 Å². The van der Waals surface area contributed by atoms with Crippen molar-refractivity contribution in [3.05, 3.63) is 41.7 Å². The lowest BCUT2D eigenvalue weighted by Gasteiger charge is -2.07. The van der Waals surface area contributed by atoms with Crippen LogP contribution in [0.2, 0.25) is 0 Å². The van der Waals surface area contributed by atoms with Crippen molar-refractivity contribution in [2.45, 2.75) is 12.8 Å². The minimum absolute atomic E-state index is 0.394. The molecule has 4 heteroatoms. The molecule has 0 saturated heterocycles. The molecule has 0 radical (unpaired) electrons. The molecule has 2 aromatic rings. The summed E-state index contributed by atoms with van der Waals surface area (Å²) in [6, 6.07) is 7.68. The van der Waals surface area contributed by atoms with Crippen LogP contribution in [0, 0.1) is 6.92 Å². The maximum atomic E-state index is 5.76. The van der Waals surface area contributed by atoms with E-state index >= 15 is 0 Å². The highest BCUT2D eigenvalue weighted by Crippen LogP contribution is 2.23. The molecule has 0 N–H and O–H groups in total. The Labute approximate surface area is 105 Å². The predicted octanol–water partition coefficient (Wildman–Crippen LogP) is 3.20. The van der Waals surface area contributed by atoms with Gasteiger partial charge in [0.1, 0.15) is 5.75 Å². The van der Waals surface area contributed by atoms with Crippen LogP contribution in [0.1, 0.15) is 11.3 Å². The van der Waals surface area contributed by atoms with Crippen LogP contribution in [-0.4, -0.2) is 17.1 Å². The highest BCUT2D eigenvalue weighted by Gasteiger charge is 2.05. The Morgan fingerprint density at radius 3 is 2.76 bits per heavy atom. The lowest BCUT2D eigenvalue weighted by atomic mass is 10.1. The molecule has 2 rings (SSSR count). The van der Waals surface area contributed by atoms with E-state index in [9.17, 15) is 0 Å². The van der Waals surface area contributed by atoms with Crippen LogP contribution in [0.25, 0.3) is 11.4 Å². The fourth-order valence-electron chi connectivity index (χ4n) is 1.63. The smallest absolute Gasteiger partial charge is 0.159 e. The summed E-state index contributed by atoms with van der Waals surface area (Å²) in [5.41, 5.74) is 2.85. The average Bonchev–Trinajstić information content (AvgIpc) is 2.38. The van der Waals surface area contributed by atoms with E-state index < -0.39 is 0 Å². The molecule has 0 amide bonds. The van der Waals surface area contributed by atoms with Gasteiger partial charge >= 0.3 is 0 Å². The van der Waals surface area contributed by atoms with E-state index in [1.165, 1.54) is 0 Å². The summed E-state index contributed by atoms with van der Waals surface area (Å²) >= 11 is 5.76. The first-order valence-corrected chi connectivity index (χ1v) is 5.81. The molecule has 0 fully saturated rings. The van der Waals surface area contributed by atoms with E-state index in [-0.39, 0.29) is 0 Å². The summed E-state index contributed by atoms with van der Waals surface area (Å²) in [5.74, 6) is 1.95. The Hall–Kier alpha value is -1.61. The van der Waals surface area contributed by atoms with Gasteiger partial charge in [0.15, 0.2) is 5.82 Å². The maximum absolute atomic E-state index is 5.76. The molecule has 0 aliphatic heterocycles. The average molecular weight is 249 g/mol. The number of benzene rings is 1. The van der Waals surface area contributed by atoms with Crippen LogP contribution in [0.5, 0.6) is 5.75 Å². The van der Waals surface area contributed by atoms with E-state index in [2.05, 4.69) is 9.97 Å². The molecular formula is C13H13ClN2O. The number of ether oxygens (including phenoxy) is 1. The number of halogens is 1. The summed E-state index contributed by atoms with van der Waals surface area (Å²) in [6.07, 6.45) is 1.72. The summed E-state index contributed by atoms with van der Waals surface area (Å²) in [6.45, 7) is 1.99. The molecular weight excluding hydrogens is 236 g/mol. The second kappa shape index (κ2) is 5.15.